The Morgan fingerprint density at radius 1 is 0.703 bits per heavy atom. The standard InChI is InChI=1S/C30H19Cl4NOS/c31-23-9-1-19(2-10-23)17-28-29(21-5-13-25(33)14-6-21)35-30(37-28,22-7-15-26(34)16-8-22)18-27(36)20-3-11-24(32)12-4-20/h1-17H,18H2/b28-17-. The number of aliphatic imine (C=N–C) groups is 1. The number of allylic oxidation sites excluding steroid dienone is 1. The monoisotopic (exact) mass is 581 g/mol. The van der Waals surface area contributed by atoms with E-state index in [1.807, 2.05) is 72.8 Å². The van der Waals surface area contributed by atoms with Gasteiger partial charge in [0.15, 0.2) is 5.78 Å². The third kappa shape index (κ3) is 5.98. The Bertz CT molecular complexity index is 1500. The lowest BCUT2D eigenvalue weighted by atomic mass is 9.97. The van der Waals surface area contributed by atoms with Crippen molar-refractivity contribution in [2.45, 2.75) is 11.3 Å². The number of hydrogen-bond donors (Lipinski definition) is 0. The van der Waals surface area contributed by atoms with Crippen LogP contribution in [0.4, 0.5) is 0 Å². The van der Waals surface area contributed by atoms with Gasteiger partial charge in [-0.25, -0.2) is 0 Å². The molecule has 5 rings (SSSR count). The Labute approximate surface area is 239 Å². The highest BCUT2D eigenvalue weighted by Crippen LogP contribution is 2.53. The van der Waals surface area contributed by atoms with E-state index >= 15 is 0 Å². The van der Waals surface area contributed by atoms with Crippen LogP contribution < -0.4 is 0 Å². The van der Waals surface area contributed by atoms with Crippen LogP contribution in [-0.2, 0) is 4.87 Å². The summed E-state index contributed by atoms with van der Waals surface area (Å²) >= 11 is 26.1. The number of carbonyl (C=O) groups excluding carboxylic acids is 1. The van der Waals surface area contributed by atoms with Gasteiger partial charge in [0.1, 0.15) is 4.87 Å². The van der Waals surface area contributed by atoms with Gasteiger partial charge in [-0.1, -0.05) is 94.6 Å². The summed E-state index contributed by atoms with van der Waals surface area (Å²) in [7, 11) is 0. The van der Waals surface area contributed by atoms with Crippen LogP contribution in [0.2, 0.25) is 20.1 Å². The van der Waals surface area contributed by atoms with Crippen molar-refractivity contribution in [2.24, 2.45) is 4.99 Å². The molecule has 0 aromatic heterocycles. The second kappa shape index (κ2) is 11.1. The first-order valence-corrected chi connectivity index (χ1v) is 13.7. The van der Waals surface area contributed by atoms with Crippen LogP contribution in [-0.4, -0.2) is 11.5 Å². The summed E-state index contributed by atoms with van der Waals surface area (Å²) in [5.74, 6) is -0.0361. The summed E-state index contributed by atoms with van der Waals surface area (Å²) in [4.78, 5) is 18.8. The van der Waals surface area contributed by atoms with Crippen LogP contribution in [0.3, 0.4) is 0 Å². The Balaban J connectivity index is 1.65. The lowest BCUT2D eigenvalue weighted by Gasteiger charge is -2.25. The molecule has 4 aromatic rings. The van der Waals surface area contributed by atoms with Crippen molar-refractivity contribution in [3.8, 4) is 0 Å². The van der Waals surface area contributed by atoms with E-state index in [1.54, 1.807) is 36.0 Å². The van der Waals surface area contributed by atoms with Gasteiger partial charge in [0.05, 0.1) is 12.1 Å². The predicted octanol–water partition coefficient (Wildman–Crippen LogP) is 10.0. The largest absolute Gasteiger partial charge is 0.294 e. The lowest BCUT2D eigenvalue weighted by molar-refractivity contribution is 0.0970. The van der Waals surface area contributed by atoms with E-state index in [-0.39, 0.29) is 12.2 Å². The number of hydrogen-bond acceptors (Lipinski definition) is 3. The predicted molar refractivity (Wildman–Crippen MR) is 159 cm³/mol. The molecule has 0 saturated heterocycles. The smallest absolute Gasteiger partial charge is 0.166 e. The van der Waals surface area contributed by atoms with Crippen molar-refractivity contribution in [1.29, 1.82) is 0 Å². The number of thioether (sulfide) groups is 1. The number of rotatable bonds is 6. The molecule has 0 fully saturated rings. The zero-order valence-electron chi connectivity index (χ0n) is 19.3. The zero-order valence-corrected chi connectivity index (χ0v) is 23.1. The van der Waals surface area contributed by atoms with Crippen LogP contribution >= 0.6 is 58.2 Å². The van der Waals surface area contributed by atoms with Crippen molar-refractivity contribution >= 4 is 75.7 Å². The van der Waals surface area contributed by atoms with E-state index in [0.29, 0.717) is 25.7 Å². The average molecular weight is 583 g/mol. The molecular formula is C30H19Cl4NOS. The summed E-state index contributed by atoms with van der Waals surface area (Å²) < 4.78 is 0. The molecule has 0 radical (unpaired) electrons. The number of carbonyl (C=O) groups is 1. The topological polar surface area (TPSA) is 29.4 Å². The first kappa shape index (κ1) is 26.1. The van der Waals surface area contributed by atoms with Gasteiger partial charge in [0.2, 0.25) is 0 Å². The second-order valence-corrected chi connectivity index (χ2v) is 11.6. The van der Waals surface area contributed by atoms with Crippen molar-refractivity contribution in [1.82, 2.24) is 0 Å². The number of Topliss-reactive ketones (excluding diaryl/α,β-unsaturated/α-hetero) is 1. The maximum Gasteiger partial charge on any atom is 0.166 e. The van der Waals surface area contributed by atoms with Crippen molar-refractivity contribution in [3.63, 3.8) is 0 Å². The third-order valence-corrected chi connectivity index (χ3v) is 8.30. The van der Waals surface area contributed by atoms with E-state index in [0.717, 1.165) is 27.3 Å². The lowest BCUT2D eigenvalue weighted by Crippen LogP contribution is -2.22. The number of ketones is 1. The molecule has 1 unspecified atom stereocenters. The first-order chi connectivity index (χ1) is 17.8. The average Bonchev–Trinajstić information content (AvgIpc) is 3.25. The highest BCUT2D eigenvalue weighted by molar-refractivity contribution is 8.05. The number of benzene rings is 4. The molecule has 0 spiro atoms. The number of halogens is 4. The van der Waals surface area contributed by atoms with Gasteiger partial charge in [0, 0.05) is 36.1 Å². The summed E-state index contributed by atoms with van der Waals surface area (Å²) in [6.45, 7) is 0. The molecule has 184 valence electrons. The Morgan fingerprint density at radius 3 is 1.76 bits per heavy atom. The van der Waals surface area contributed by atoms with Crippen LogP contribution in [0.1, 0.15) is 33.5 Å². The normalized spacial score (nSPS) is 18.2. The van der Waals surface area contributed by atoms with Crippen LogP contribution in [0.5, 0.6) is 0 Å². The van der Waals surface area contributed by atoms with E-state index in [9.17, 15) is 4.79 Å². The molecule has 7 heteroatoms. The molecule has 4 aromatic carbocycles. The van der Waals surface area contributed by atoms with Gasteiger partial charge in [-0.05, 0) is 77.9 Å². The zero-order chi connectivity index (χ0) is 26.0. The summed E-state index contributed by atoms with van der Waals surface area (Å²) in [6.07, 6.45) is 2.22. The third-order valence-electron chi connectivity index (χ3n) is 5.95. The minimum atomic E-state index is -0.894. The molecule has 0 amide bonds. The van der Waals surface area contributed by atoms with Gasteiger partial charge in [0.25, 0.3) is 0 Å². The van der Waals surface area contributed by atoms with Crippen molar-refractivity contribution < 1.29 is 4.79 Å². The molecule has 1 aliphatic heterocycles. The highest BCUT2D eigenvalue weighted by atomic mass is 35.5. The molecule has 1 heterocycles. The minimum Gasteiger partial charge on any atom is -0.294 e. The van der Waals surface area contributed by atoms with E-state index in [2.05, 4.69) is 6.08 Å². The SMILES string of the molecule is O=C(CC1(c2ccc(Cl)cc2)N=C(c2ccc(Cl)cc2)/C(=C/c2ccc(Cl)cc2)S1)c1ccc(Cl)cc1. The van der Waals surface area contributed by atoms with Gasteiger partial charge >= 0.3 is 0 Å². The first-order valence-electron chi connectivity index (χ1n) is 11.4. The maximum atomic E-state index is 13.5. The fourth-order valence-corrected chi connectivity index (χ4v) is 6.00. The van der Waals surface area contributed by atoms with Crippen molar-refractivity contribution in [2.75, 3.05) is 0 Å². The molecular weight excluding hydrogens is 564 g/mol. The van der Waals surface area contributed by atoms with E-state index in [1.165, 1.54) is 0 Å². The Kier molecular flexibility index (Phi) is 7.80. The molecule has 37 heavy (non-hydrogen) atoms. The summed E-state index contributed by atoms with van der Waals surface area (Å²) in [5.41, 5.74) is 4.14. The molecule has 0 N–H and O–H groups in total. The summed E-state index contributed by atoms with van der Waals surface area (Å²) in [6, 6.07) is 29.6. The Hall–Kier alpha value is -2.53. The fourth-order valence-electron chi connectivity index (χ4n) is 4.08. The fraction of sp³-hybridized carbons (Fsp3) is 0.0667. The summed E-state index contributed by atoms with van der Waals surface area (Å²) in [5, 5.41) is 2.50. The minimum absolute atomic E-state index is 0.0361. The second-order valence-electron chi connectivity index (χ2n) is 8.53. The van der Waals surface area contributed by atoms with Gasteiger partial charge < -0.3 is 0 Å². The highest BCUT2D eigenvalue weighted by Gasteiger charge is 2.42. The van der Waals surface area contributed by atoms with E-state index < -0.39 is 4.87 Å². The molecule has 0 saturated carbocycles. The van der Waals surface area contributed by atoms with Crippen LogP contribution in [0.15, 0.2) is 107 Å². The van der Waals surface area contributed by atoms with Crippen LogP contribution in [0, 0.1) is 0 Å². The van der Waals surface area contributed by atoms with E-state index in [4.69, 9.17) is 51.4 Å². The van der Waals surface area contributed by atoms with Gasteiger partial charge in [-0.2, -0.15) is 0 Å². The van der Waals surface area contributed by atoms with Gasteiger partial charge in [-0.15, -0.1) is 0 Å². The molecule has 1 aliphatic rings. The molecule has 0 bridgehead atoms. The Morgan fingerprint density at radius 2 is 1.19 bits per heavy atom. The quantitative estimate of drug-likeness (QED) is 0.212. The van der Waals surface area contributed by atoms with Crippen molar-refractivity contribution in [3.05, 3.63) is 144 Å². The molecule has 2 nitrogen and oxygen atoms in total. The maximum absolute atomic E-state index is 13.5. The number of nitrogens with zero attached hydrogens (tertiary/aromatic N) is 1. The van der Waals surface area contributed by atoms with Crippen LogP contribution in [0.25, 0.3) is 6.08 Å². The molecule has 1 atom stereocenters. The molecule has 0 aliphatic carbocycles. The van der Waals surface area contributed by atoms with Gasteiger partial charge in [-0.3, -0.25) is 9.79 Å².